The van der Waals surface area contributed by atoms with E-state index in [-0.39, 0.29) is 5.92 Å². The normalized spacial score (nSPS) is 14.7. The van der Waals surface area contributed by atoms with Crippen LogP contribution in [0.5, 0.6) is 0 Å². The second-order valence-electron chi connectivity index (χ2n) is 5.48. The first-order valence-corrected chi connectivity index (χ1v) is 6.07. The molecule has 0 spiro atoms. The van der Waals surface area contributed by atoms with E-state index in [0.29, 0.717) is 6.42 Å². The molecule has 1 aromatic rings. The summed E-state index contributed by atoms with van der Waals surface area (Å²) < 4.78 is 0. The number of aliphatic carboxylic acids is 1. The molecule has 1 rings (SSSR count). The van der Waals surface area contributed by atoms with Crippen molar-refractivity contribution in [1.82, 2.24) is 0 Å². The van der Waals surface area contributed by atoms with Gasteiger partial charge in [0.25, 0.3) is 0 Å². The zero-order valence-corrected chi connectivity index (χ0v) is 11.4. The summed E-state index contributed by atoms with van der Waals surface area (Å²) in [6.45, 7) is 9.86. The molecule has 0 aliphatic rings. The summed E-state index contributed by atoms with van der Waals surface area (Å²) in [5.74, 6) is -0.603. The Bertz CT molecular complexity index is 421. The third-order valence-corrected chi connectivity index (χ3v) is 3.83. The minimum absolute atomic E-state index is 0.111. The molecule has 1 aromatic carbocycles. The molecule has 1 unspecified atom stereocenters. The fourth-order valence-electron chi connectivity index (χ4n) is 1.91. The van der Waals surface area contributed by atoms with Crippen LogP contribution in [-0.4, -0.2) is 11.1 Å². The van der Waals surface area contributed by atoms with E-state index in [0.717, 1.165) is 5.56 Å². The van der Waals surface area contributed by atoms with Gasteiger partial charge in [-0.05, 0) is 44.2 Å². The van der Waals surface area contributed by atoms with Crippen LogP contribution < -0.4 is 0 Å². The average Bonchev–Trinajstić information content (AvgIpc) is 2.22. The lowest BCUT2D eigenvalue weighted by Crippen LogP contribution is -2.35. The Kier molecular flexibility index (Phi) is 3.97. The summed E-state index contributed by atoms with van der Waals surface area (Å²) in [6.07, 6.45) is 0.591. The highest BCUT2D eigenvalue weighted by Crippen LogP contribution is 2.32. The zero-order chi connectivity index (χ0) is 13.2. The topological polar surface area (TPSA) is 37.3 Å². The highest BCUT2D eigenvalue weighted by Gasteiger charge is 2.36. The predicted octanol–water partition coefficient (Wildman–Crippen LogP) is 3.59. The van der Waals surface area contributed by atoms with Gasteiger partial charge in [-0.2, -0.15) is 0 Å². The van der Waals surface area contributed by atoms with Gasteiger partial charge in [0.15, 0.2) is 0 Å². The molecule has 17 heavy (non-hydrogen) atoms. The Labute approximate surface area is 104 Å². The Morgan fingerprint density at radius 1 is 1.35 bits per heavy atom. The molecule has 94 valence electrons. The third kappa shape index (κ3) is 2.87. The summed E-state index contributed by atoms with van der Waals surface area (Å²) >= 11 is 0. The molecule has 2 nitrogen and oxygen atoms in total. The molecule has 0 radical (unpaired) electrons. The SMILES string of the molecule is Cc1ccc(C)c(CC(C)(C(=O)O)C(C)C)c1. The molecule has 0 aromatic heterocycles. The van der Waals surface area contributed by atoms with Crippen molar-refractivity contribution < 1.29 is 9.90 Å². The van der Waals surface area contributed by atoms with Crippen LogP contribution in [0.25, 0.3) is 0 Å². The molecule has 0 aliphatic heterocycles. The van der Waals surface area contributed by atoms with E-state index in [1.165, 1.54) is 11.1 Å². The molecule has 0 fully saturated rings. The maximum Gasteiger partial charge on any atom is 0.309 e. The number of hydrogen-bond acceptors (Lipinski definition) is 1. The Balaban J connectivity index is 3.10. The molecule has 0 saturated carbocycles. The third-order valence-electron chi connectivity index (χ3n) is 3.83. The van der Waals surface area contributed by atoms with E-state index >= 15 is 0 Å². The summed E-state index contributed by atoms with van der Waals surface area (Å²) in [5.41, 5.74) is 2.80. The standard InChI is InChI=1S/C15H22O2/c1-10(2)15(5,14(16)17)9-13-8-11(3)6-7-12(13)4/h6-8,10H,9H2,1-5H3,(H,16,17). The van der Waals surface area contributed by atoms with Crippen LogP contribution in [-0.2, 0) is 11.2 Å². The van der Waals surface area contributed by atoms with Gasteiger partial charge in [-0.3, -0.25) is 4.79 Å². The first-order valence-electron chi connectivity index (χ1n) is 6.07. The summed E-state index contributed by atoms with van der Waals surface area (Å²) in [6, 6.07) is 6.22. The number of carboxylic acid groups (broad SMARTS) is 1. The first kappa shape index (κ1) is 13.8. The number of carbonyl (C=O) groups is 1. The van der Waals surface area contributed by atoms with Gasteiger partial charge in [0.05, 0.1) is 5.41 Å². The highest BCUT2D eigenvalue weighted by atomic mass is 16.4. The quantitative estimate of drug-likeness (QED) is 0.864. The van der Waals surface area contributed by atoms with Gasteiger partial charge < -0.3 is 5.11 Å². The van der Waals surface area contributed by atoms with Crippen molar-refractivity contribution in [2.24, 2.45) is 11.3 Å². The minimum Gasteiger partial charge on any atom is -0.481 e. The van der Waals surface area contributed by atoms with Crippen LogP contribution in [0.2, 0.25) is 0 Å². The lowest BCUT2D eigenvalue weighted by atomic mass is 9.73. The first-order chi connectivity index (χ1) is 7.77. The van der Waals surface area contributed by atoms with Gasteiger partial charge in [-0.25, -0.2) is 0 Å². The van der Waals surface area contributed by atoms with Crippen molar-refractivity contribution in [3.63, 3.8) is 0 Å². The van der Waals surface area contributed by atoms with Gasteiger partial charge in [0.1, 0.15) is 0 Å². The Morgan fingerprint density at radius 3 is 2.41 bits per heavy atom. The second kappa shape index (κ2) is 4.91. The van der Waals surface area contributed by atoms with E-state index in [1.807, 2.05) is 34.6 Å². The zero-order valence-electron chi connectivity index (χ0n) is 11.4. The van der Waals surface area contributed by atoms with Crippen LogP contribution in [0.15, 0.2) is 18.2 Å². The van der Waals surface area contributed by atoms with Crippen molar-refractivity contribution in [2.75, 3.05) is 0 Å². The van der Waals surface area contributed by atoms with Crippen molar-refractivity contribution in [3.8, 4) is 0 Å². The highest BCUT2D eigenvalue weighted by molar-refractivity contribution is 5.75. The lowest BCUT2D eigenvalue weighted by molar-refractivity contribution is -0.150. The number of hydrogen-bond donors (Lipinski definition) is 1. The van der Waals surface area contributed by atoms with Crippen molar-refractivity contribution in [1.29, 1.82) is 0 Å². The maximum atomic E-state index is 11.5. The van der Waals surface area contributed by atoms with Crippen molar-refractivity contribution in [3.05, 3.63) is 34.9 Å². The lowest BCUT2D eigenvalue weighted by Gasteiger charge is -2.29. The fraction of sp³-hybridized carbons (Fsp3) is 0.533. The monoisotopic (exact) mass is 234 g/mol. The van der Waals surface area contributed by atoms with E-state index in [2.05, 4.69) is 18.2 Å². The second-order valence-corrected chi connectivity index (χ2v) is 5.48. The van der Waals surface area contributed by atoms with Crippen LogP contribution in [0, 0.1) is 25.2 Å². The van der Waals surface area contributed by atoms with Crippen molar-refractivity contribution in [2.45, 2.75) is 41.0 Å². The average molecular weight is 234 g/mol. The van der Waals surface area contributed by atoms with E-state index < -0.39 is 11.4 Å². The molecule has 0 heterocycles. The van der Waals surface area contributed by atoms with Gasteiger partial charge in [-0.1, -0.05) is 37.6 Å². The molecule has 0 bridgehead atoms. The molecule has 0 aliphatic carbocycles. The van der Waals surface area contributed by atoms with Crippen LogP contribution in [0.3, 0.4) is 0 Å². The molecule has 0 saturated heterocycles. The molecule has 1 N–H and O–H groups in total. The largest absolute Gasteiger partial charge is 0.481 e. The van der Waals surface area contributed by atoms with Crippen molar-refractivity contribution >= 4 is 5.97 Å². The number of aryl methyl sites for hydroxylation is 2. The summed E-state index contributed by atoms with van der Waals surface area (Å²) in [7, 11) is 0. The summed E-state index contributed by atoms with van der Waals surface area (Å²) in [5, 5.41) is 9.42. The summed E-state index contributed by atoms with van der Waals surface area (Å²) in [4.78, 5) is 11.5. The van der Waals surface area contributed by atoms with E-state index in [1.54, 1.807) is 0 Å². The van der Waals surface area contributed by atoms with E-state index in [4.69, 9.17) is 0 Å². The van der Waals surface area contributed by atoms with Gasteiger partial charge in [0.2, 0.25) is 0 Å². The van der Waals surface area contributed by atoms with E-state index in [9.17, 15) is 9.90 Å². The molecule has 0 amide bonds. The van der Waals surface area contributed by atoms with Crippen LogP contribution in [0.1, 0.15) is 37.5 Å². The Hall–Kier alpha value is -1.31. The van der Waals surface area contributed by atoms with Gasteiger partial charge in [0, 0.05) is 0 Å². The van der Waals surface area contributed by atoms with Gasteiger partial charge >= 0.3 is 5.97 Å². The smallest absolute Gasteiger partial charge is 0.309 e. The number of rotatable bonds is 4. The molecule has 1 atom stereocenters. The minimum atomic E-state index is -0.714. The molecular formula is C15H22O2. The van der Waals surface area contributed by atoms with Gasteiger partial charge in [-0.15, -0.1) is 0 Å². The Morgan fingerprint density at radius 2 is 1.94 bits per heavy atom. The fourth-order valence-corrected chi connectivity index (χ4v) is 1.91. The molecule has 2 heteroatoms. The predicted molar refractivity (Wildman–Crippen MR) is 70.2 cm³/mol. The number of carboxylic acids is 1. The molecular weight excluding hydrogens is 212 g/mol. The van der Waals surface area contributed by atoms with Crippen LogP contribution in [0.4, 0.5) is 0 Å². The number of benzene rings is 1. The maximum absolute atomic E-state index is 11.5. The van der Waals surface area contributed by atoms with Crippen LogP contribution >= 0.6 is 0 Å².